The number of hydrogen-bond donors (Lipinski definition) is 1. The largest absolute Gasteiger partial charge is 0.332 e. The van der Waals surface area contributed by atoms with Crippen molar-refractivity contribution in [3.05, 3.63) is 77.0 Å². The minimum Gasteiger partial charge on any atom is -0.332 e. The molecule has 0 unspecified atom stereocenters. The summed E-state index contributed by atoms with van der Waals surface area (Å²) < 4.78 is 1.90. The number of aromatic nitrogens is 2. The number of likely N-dealkylation sites (N-methyl/N-ethyl adjacent to an activating group) is 1. The molecule has 28 heavy (non-hydrogen) atoms. The maximum atomic E-state index is 12.6. The number of carbonyl (C=O) groups excluding carboxylic acids is 2. The Balaban J connectivity index is 1.59. The summed E-state index contributed by atoms with van der Waals surface area (Å²) in [6.45, 7) is -0.0608. The van der Waals surface area contributed by atoms with Gasteiger partial charge in [-0.15, -0.1) is 11.3 Å². The first kappa shape index (κ1) is 17.9. The molecule has 0 fully saturated rings. The minimum atomic E-state index is -0.306. The van der Waals surface area contributed by atoms with Gasteiger partial charge >= 0.3 is 0 Å². The van der Waals surface area contributed by atoms with Gasteiger partial charge in [0.1, 0.15) is 0 Å². The van der Waals surface area contributed by atoms with Gasteiger partial charge in [-0.25, -0.2) is 4.98 Å². The SMILES string of the molecule is CN(CC(=O)Nc1nc2ccccc2n1-c1ccccc1)C(=O)c1cccs1. The van der Waals surface area contributed by atoms with Gasteiger partial charge < -0.3 is 4.90 Å². The summed E-state index contributed by atoms with van der Waals surface area (Å²) in [6.07, 6.45) is 0. The Kier molecular flexibility index (Phi) is 4.90. The van der Waals surface area contributed by atoms with Crippen molar-refractivity contribution in [2.24, 2.45) is 0 Å². The van der Waals surface area contributed by atoms with Crippen molar-refractivity contribution in [1.29, 1.82) is 0 Å². The molecule has 2 aromatic heterocycles. The lowest BCUT2D eigenvalue weighted by Crippen LogP contribution is -2.35. The summed E-state index contributed by atoms with van der Waals surface area (Å²) >= 11 is 1.35. The Bertz CT molecular complexity index is 1120. The summed E-state index contributed by atoms with van der Waals surface area (Å²) in [5.74, 6) is -0.0593. The van der Waals surface area contributed by atoms with Gasteiger partial charge in [0.05, 0.1) is 22.5 Å². The molecular weight excluding hydrogens is 372 g/mol. The fourth-order valence-corrected chi connectivity index (χ4v) is 3.71. The molecule has 2 amide bonds. The van der Waals surface area contributed by atoms with Gasteiger partial charge in [-0.3, -0.25) is 19.5 Å². The number of nitrogens with one attached hydrogen (secondary N) is 1. The third-order valence-corrected chi connectivity index (χ3v) is 5.14. The standard InChI is InChI=1S/C21H18N4O2S/c1-24(20(27)18-12-7-13-28-18)14-19(26)23-21-22-16-10-5-6-11-17(16)25(21)15-8-3-2-4-9-15/h2-13H,14H2,1H3,(H,22,23,26). The van der Waals surface area contributed by atoms with E-state index in [0.717, 1.165) is 16.7 Å². The zero-order valence-corrected chi connectivity index (χ0v) is 16.0. The fourth-order valence-electron chi connectivity index (χ4n) is 2.99. The molecular formula is C21H18N4O2S. The number of amides is 2. The number of carbonyl (C=O) groups is 2. The smallest absolute Gasteiger partial charge is 0.264 e. The highest BCUT2D eigenvalue weighted by atomic mass is 32.1. The number of para-hydroxylation sites is 3. The van der Waals surface area contributed by atoms with E-state index in [4.69, 9.17) is 0 Å². The molecule has 0 radical (unpaired) electrons. The van der Waals surface area contributed by atoms with E-state index in [9.17, 15) is 9.59 Å². The molecule has 4 rings (SSSR count). The molecule has 0 aliphatic rings. The van der Waals surface area contributed by atoms with Crippen molar-refractivity contribution in [2.45, 2.75) is 0 Å². The van der Waals surface area contributed by atoms with Crippen molar-refractivity contribution >= 4 is 40.1 Å². The van der Waals surface area contributed by atoms with E-state index in [1.807, 2.05) is 70.6 Å². The van der Waals surface area contributed by atoms with Crippen LogP contribution in [0.25, 0.3) is 16.7 Å². The Morgan fingerprint density at radius 3 is 2.54 bits per heavy atom. The number of fused-ring (bicyclic) bond motifs is 1. The molecule has 7 heteroatoms. The average Bonchev–Trinajstić information content (AvgIpc) is 3.35. The monoisotopic (exact) mass is 390 g/mol. The van der Waals surface area contributed by atoms with E-state index in [2.05, 4.69) is 10.3 Å². The quantitative estimate of drug-likeness (QED) is 0.564. The topological polar surface area (TPSA) is 67.2 Å². The number of hydrogen-bond acceptors (Lipinski definition) is 4. The molecule has 1 N–H and O–H groups in total. The number of benzene rings is 2. The molecule has 140 valence electrons. The van der Waals surface area contributed by atoms with Crippen LogP contribution in [-0.4, -0.2) is 39.9 Å². The molecule has 2 aromatic carbocycles. The molecule has 0 atom stereocenters. The van der Waals surface area contributed by atoms with Crippen LogP contribution in [-0.2, 0) is 4.79 Å². The van der Waals surface area contributed by atoms with Crippen molar-refractivity contribution < 1.29 is 9.59 Å². The number of rotatable bonds is 5. The second-order valence-corrected chi connectivity index (χ2v) is 7.23. The number of thiophene rings is 1. The van der Waals surface area contributed by atoms with Crippen LogP contribution in [0.3, 0.4) is 0 Å². The average molecular weight is 390 g/mol. The molecule has 0 aliphatic heterocycles. The van der Waals surface area contributed by atoms with Crippen molar-refractivity contribution in [2.75, 3.05) is 18.9 Å². The number of imidazole rings is 1. The first-order valence-electron chi connectivity index (χ1n) is 8.75. The highest BCUT2D eigenvalue weighted by Crippen LogP contribution is 2.24. The lowest BCUT2D eigenvalue weighted by molar-refractivity contribution is -0.116. The zero-order chi connectivity index (χ0) is 19.5. The number of nitrogens with zero attached hydrogens (tertiary/aromatic N) is 3. The summed E-state index contributed by atoms with van der Waals surface area (Å²) in [4.78, 5) is 31.5. The van der Waals surface area contributed by atoms with Crippen LogP contribution in [0.15, 0.2) is 72.1 Å². The second kappa shape index (κ2) is 7.66. The highest BCUT2D eigenvalue weighted by Gasteiger charge is 2.18. The van der Waals surface area contributed by atoms with Crippen LogP contribution in [0.2, 0.25) is 0 Å². The van der Waals surface area contributed by atoms with Crippen molar-refractivity contribution in [3.63, 3.8) is 0 Å². The van der Waals surface area contributed by atoms with Crippen molar-refractivity contribution in [1.82, 2.24) is 14.5 Å². The van der Waals surface area contributed by atoms with Crippen LogP contribution in [0.1, 0.15) is 9.67 Å². The zero-order valence-electron chi connectivity index (χ0n) is 15.2. The lowest BCUT2D eigenvalue weighted by atomic mass is 10.3. The van der Waals surface area contributed by atoms with E-state index in [1.54, 1.807) is 13.1 Å². The van der Waals surface area contributed by atoms with Gasteiger partial charge in [0.15, 0.2) is 0 Å². The van der Waals surface area contributed by atoms with Gasteiger partial charge in [0.25, 0.3) is 5.91 Å². The van der Waals surface area contributed by atoms with Gasteiger partial charge in [-0.2, -0.15) is 0 Å². The normalized spacial score (nSPS) is 10.8. The predicted octanol–water partition coefficient (Wildman–Crippen LogP) is 3.80. The second-order valence-electron chi connectivity index (χ2n) is 6.28. The van der Waals surface area contributed by atoms with Crippen LogP contribution in [0, 0.1) is 0 Å². The van der Waals surface area contributed by atoms with Crippen LogP contribution < -0.4 is 5.32 Å². The molecule has 0 spiro atoms. The molecule has 0 bridgehead atoms. The molecule has 6 nitrogen and oxygen atoms in total. The lowest BCUT2D eigenvalue weighted by Gasteiger charge is -2.16. The Labute approximate surface area is 166 Å². The summed E-state index contributed by atoms with van der Waals surface area (Å²) in [5, 5.41) is 4.69. The Morgan fingerprint density at radius 1 is 1.04 bits per heavy atom. The predicted molar refractivity (Wildman–Crippen MR) is 111 cm³/mol. The number of anilines is 1. The third kappa shape index (κ3) is 3.52. The van der Waals surface area contributed by atoms with Gasteiger partial charge in [-0.1, -0.05) is 36.4 Å². The molecule has 0 aliphatic carbocycles. The molecule has 2 heterocycles. The van der Waals surface area contributed by atoms with E-state index < -0.39 is 0 Å². The molecule has 0 saturated heterocycles. The molecule has 0 saturated carbocycles. The fraction of sp³-hybridized carbons (Fsp3) is 0.0952. The van der Waals surface area contributed by atoms with Crippen LogP contribution in [0.5, 0.6) is 0 Å². The van der Waals surface area contributed by atoms with Crippen LogP contribution in [0.4, 0.5) is 5.95 Å². The summed E-state index contributed by atoms with van der Waals surface area (Å²) in [5.41, 5.74) is 2.58. The van der Waals surface area contributed by atoms with Gasteiger partial charge in [-0.05, 0) is 35.7 Å². The molecule has 4 aromatic rings. The van der Waals surface area contributed by atoms with Crippen molar-refractivity contribution in [3.8, 4) is 5.69 Å². The van der Waals surface area contributed by atoms with E-state index in [1.165, 1.54) is 16.2 Å². The minimum absolute atomic E-state index is 0.0608. The maximum absolute atomic E-state index is 12.6. The Hall–Kier alpha value is -3.45. The van der Waals surface area contributed by atoms with Gasteiger partial charge in [0, 0.05) is 12.7 Å². The van der Waals surface area contributed by atoms with E-state index in [-0.39, 0.29) is 18.4 Å². The van der Waals surface area contributed by atoms with E-state index in [0.29, 0.717) is 10.8 Å². The third-order valence-electron chi connectivity index (χ3n) is 4.29. The summed E-state index contributed by atoms with van der Waals surface area (Å²) in [6, 6.07) is 21.0. The first-order chi connectivity index (χ1) is 13.6. The summed E-state index contributed by atoms with van der Waals surface area (Å²) in [7, 11) is 1.61. The highest BCUT2D eigenvalue weighted by molar-refractivity contribution is 7.12. The van der Waals surface area contributed by atoms with Crippen LogP contribution >= 0.6 is 11.3 Å². The first-order valence-corrected chi connectivity index (χ1v) is 9.63. The maximum Gasteiger partial charge on any atom is 0.264 e. The van der Waals surface area contributed by atoms with Gasteiger partial charge in [0.2, 0.25) is 11.9 Å². The van der Waals surface area contributed by atoms with E-state index >= 15 is 0 Å². The Morgan fingerprint density at radius 2 is 1.79 bits per heavy atom.